The summed E-state index contributed by atoms with van der Waals surface area (Å²) in [6.45, 7) is 5.62. The molecular weight excluding hydrogens is 333 g/mol. The van der Waals surface area contributed by atoms with Crippen LogP contribution in [-0.4, -0.2) is 57.2 Å². The summed E-state index contributed by atoms with van der Waals surface area (Å²) in [5.41, 5.74) is 0. The van der Waals surface area contributed by atoms with Crippen molar-refractivity contribution in [3.8, 4) is 0 Å². The van der Waals surface area contributed by atoms with E-state index in [0.29, 0.717) is 0 Å². The minimum atomic E-state index is -1.19. The predicted octanol–water partition coefficient (Wildman–Crippen LogP) is -0.926. The molecule has 0 spiro atoms. The van der Waals surface area contributed by atoms with Crippen molar-refractivity contribution in [3.05, 3.63) is 0 Å². The third-order valence-corrected chi connectivity index (χ3v) is 11.4. The van der Waals surface area contributed by atoms with Crippen molar-refractivity contribution in [1.82, 2.24) is 0 Å². The Bertz CT molecular complexity index is 47.1. The van der Waals surface area contributed by atoms with Gasteiger partial charge in [-0.05, 0) is 0 Å². The minimum absolute atomic E-state index is 0.814. The Morgan fingerprint density at radius 3 is 1.78 bits per heavy atom. The molecule has 0 aliphatic carbocycles. The molecule has 0 rings (SSSR count). The van der Waals surface area contributed by atoms with E-state index in [1.807, 2.05) is 13.8 Å². The fourth-order valence-corrected chi connectivity index (χ4v) is 7.95. The molecule has 0 amide bonds. The average Bonchev–Trinajstić information content (AvgIpc) is 1.89. The second-order valence-electron chi connectivity index (χ2n) is 1.43. The molecule has 0 aromatic rings. The molecule has 0 heterocycles. The summed E-state index contributed by atoms with van der Waals surface area (Å²) in [6, 6.07) is 0. The van der Waals surface area contributed by atoms with Crippen LogP contribution in [0.3, 0.4) is 0 Å². The van der Waals surface area contributed by atoms with Gasteiger partial charge in [0.1, 0.15) is 0 Å². The van der Waals surface area contributed by atoms with E-state index in [4.69, 9.17) is 7.56 Å². The average molecular weight is 348 g/mol. The molecule has 0 saturated carbocycles. The van der Waals surface area contributed by atoms with Crippen LogP contribution < -0.4 is 0 Å². The summed E-state index contributed by atoms with van der Waals surface area (Å²) in [7, 11) is 0. The Balaban J connectivity index is 2.60. The summed E-state index contributed by atoms with van der Waals surface area (Å²) in [5.74, 6) is 0. The molecule has 5 heteroatoms. The summed E-state index contributed by atoms with van der Waals surface area (Å²) in [5, 5.41) is 0. The van der Waals surface area contributed by atoms with Gasteiger partial charge in [0.05, 0.1) is 0 Å². The van der Waals surface area contributed by atoms with E-state index in [1.54, 1.807) is 0 Å². The first-order valence-electron chi connectivity index (χ1n) is 3.15. The third-order valence-electron chi connectivity index (χ3n) is 0.742. The van der Waals surface area contributed by atoms with E-state index in [1.165, 1.54) is 0 Å². The van der Waals surface area contributed by atoms with Crippen molar-refractivity contribution >= 4 is 43.9 Å². The molecule has 56 valence electrons. The number of hydrogen-bond donors (Lipinski definition) is 0. The Morgan fingerprint density at radius 1 is 1.00 bits per heavy atom. The Labute approximate surface area is 78.1 Å². The van der Waals surface area contributed by atoms with Crippen molar-refractivity contribution < 1.29 is 7.56 Å². The fourth-order valence-electron chi connectivity index (χ4n) is 0.319. The zero-order valence-corrected chi connectivity index (χ0v) is 14.1. The Kier molecular flexibility index (Phi) is 11.0. The first-order chi connectivity index (χ1) is 4.41. The van der Waals surface area contributed by atoms with Gasteiger partial charge in [-0.25, -0.2) is 0 Å². The molecule has 0 unspecified atom stereocenters. The molecular formula is C4H14O3Sn2. The van der Waals surface area contributed by atoms with Crippen LogP contribution in [0.5, 0.6) is 0 Å². The van der Waals surface area contributed by atoms with Crippen LogP contribution in [0.15, 0.2) is 0 Å². The van der Waals surface area contributed by atoms with Gasteiger partial charge in [-0.3, -0.25) is 0 Å². The van der Waals surface area contributed by atoms with Crippen molar-refractivity contribution in [1.29, 1.82) is 0 Å². The first kappa shape index (κ1) is 10.5. The summed E-state index contributed by atoms with van der Waals surface area (Å²) in [4.78, 5) is 0. The van der Waals surface area contributed by atoms with E-state index >= 15 is 0 Å². The SMILES string of the molecule is CC[O][SnH2][O][SnH2][O]CC. The maximum atomic E-state index is 5.29. The molecule has 0 bridgehead atoms. The van der Waals surface area contributed by atoms with Crippen LogP contribution in [0.25, 0.3) is 0 Å². The van der Waals surface area contributed by atoms with Gasteiger partial charge >= 0.3 is 78.6 Å². The van der Waals surface area contributed by atoms with E-state index < -0.39 is 43.9 Å². The Morgan fingerprint density at radius 2 is 1.44 bits per heavy atom. The molecule has 0 saturated heterocycles. The predicted molar refractivity (Wildman–Crippen MR) is 41.4 cm³/mol. The first-order valence-corrected chi connectivity index (χ1v) is 9.74. The van der Waals surface area contributed by atoms with E-state index in [2.05, 4.69) is 0 Å². The summed E-state index contributed by atoms with van der Waals surface area (Å²) < 4.78 is 15.6. The van der Waals surface area contributed by atoms with Crippen LogP contribution >= 0.6 is 0 Å². The van der Waals surface area contributed by atoms with Crippen LogP contribution in [-0.2, 0) is 7.56 Å². The monoisotopic (exact) mass is 350 g/mol. The van der Waals surface area contributed by atoms with Gasteiger partial charge in [-0.2, -0.15) is 0 Å². The molecule has 0 aliphatic heterocycles. The molecule has 0 atom stereocenters. The topological polar surface area (TPSA) is 27.7 Å². The third kappa shape index (κ3) is 9.48. The molecule has 0 aromatic carbocycles. The van der Waals surface area contributed by atoms with Gasteiger partial charge in [0.2, 0.25) is 0 Å². The van der Waals surface area contributed by atoms with Crippen molar-refractivity contribution in [3.63, 3.8) is 0 Å². The van der Waals surface area contributed by atoms with Crippen LogP contribution in [0.2, 0.25) is 0 Å². The van der Waals surface area contributed by atoms with E-state index in [-0.39, 0.29) is 0 Å². The molecule has 3 nitrogen and oxygen atoms in total. The van der Waals surface area contributed by atoms with Gasteiger partial charge in [0, 0.05) is 0 Å². The molecule has 0 fully saturated rings. The number of hydrogen-bond acceptors (Lipinski definition) is 3. The van der Waals surface area contributed by atoms with Gasteiger partial charge in [0.25, 0.3) is 0 Å². The number of rotatable bonds is 6. The zero-order chi connectivity index (χ0) is 6.95. The van der Waals surface area contributed by atoms with Gasteiger partial charge in [-0.15, -0.1) is 0 Å². The van der Waals surface area contributed by atoms with Crippen molar-refractivity contribution in [2.24, 2.45) is 0 Å². The van der Waals surface area contributed by atoms with Gasteiger partial charge < -0.3 is 0 Å². The Hall–Kier alpha value is 1.48. The van der Waals surface area contributed by atoms with Crippen LogP contribution in [0, 0.1) is 0 Å². The fraction of sp³-hybridized carbons (Fsp3) is 1.00. The molecule has 0 aliphatic rings. The standard InChI is InChI=1S/2C2H5O.O.2Sn.4H/c2*1-2-3;;;;;;;/h2*2H2,1H3;;;;;;;/q2*-1;;2*+1;;;;. The van der Waals surface area contributed by atoms with E-state index in [0.717, 1.165) is 13.2 Å². The zero-order valence-electron chi connectivity index (χ0n) is 6.05. The van der Waals surface area contributed by atoms with E-state index in [9.17, 15) is 0 Å². The maximum absolute atomic E-state index is 5.29. The van der Waals surface area contributed by atoms with Crippen molar-refractivity contribution in [2.75, 3.05) is 13.2 Å². The molecule has 0 radical (unpaired) electrons. The normalized spacial score (nSPS) is 12.7. The second kappa shape index (κ2) is 9.48. The summed E-state index contributed by atoms with van der Waals surface area (Å²) in [6.07, 6.45) is 0. The van der Waals surface area contributed by atoms with Gasteiger partial charge in [0.15, 0.2) is 0 Å². The molecule has 0 N–H and O–H groups in total. The summed E-state index contributed by atoms with van der Waals surface area (Å²) >= 11 is -2.37. The van der Waals surface area contributed by atoms with Crippen LogP contribution in [0.1, 0.15) is 13.8 Å². The molecule has 9 heavy (non-hydrogen) atoms. The molecule has 0 aromatic heterocycles. The van der Waals surface area contributed by atoms with Gasteiger partial charge in [-0.1, -0.05) is 0 Å². The second-order valence-corrected chi connectivity index (χ2v) is 14.1. The van der Waals surface area contributed by atoms with Crippen molar-refractivity contribution in [2.45, 2.75) is 13.8 Å². The van der Waals surface area contributed by atoms with Crippen LogP contribution in [0.4, 0.5) is 0 Å². The quantitative estimate of drug-likeness (QED) is 0.459.